The Bertz CT molecular complexity index is 485. The van der Waals surface area contributed by atoms with Crippen LogP contribution in [0.25, 0.3) is 0 Å². The van der Waals surface area contributed by atoms with Crippen LogP contribution in [0.2, 0.25) is 0 Å². The molecule has 0 aliphatic rings. The zero-order chi connectivity index (χ0) is 12.6. The predicted molar refractivity (Wildman–Crippen MR) is 65.8 cm³/mol. The highest BCUT2D eigenvalue weighted by Crippen LogP contribution is 2.02. The average molecular weight is 243 g/mol. The van der Waals surface area contributed by atoms with Crippen LogP contribution in [0.1, 0.15) is 15.9 Å². The standard InChI is InChI=1S/C14H13NO3/c16-14(13-7-4-8-15-9-13)18-11-17-10-12-5-2-1-3-6-12/h1-9H,10-11H2. The van der Waals surface area contributed by atoms with E-state index < -0.39 is 5.97 Å². The summed E-state index contributed by atoms with van der Waals surface area (Å²) < 4.78 is 10.2. The van der Waals surface area contributed by atoms with Gasteiger partial charge in [-0.3, -0.25) is 4.98 Å². The van der Waals surface area contributed by atoms with E-state index >= 15 is 0 Å². The van der Waals surface area contributed by atoms with Gasteiger partial charge in [0.15, 0.2) is 6.79 Å². The minimum Gasteiger partial charge on any atom is -0.435 e. The molecule has 2 aromatic rings. The van der Waals surface area contributed by atoms with Gasteiger partial charge in [0.25, 0.3) is 0 Å². The third-order valence-corrected chi connectivity index (χ3v) is 2.28. The maximum atomic E-state index is 11.5. The largest absolute Gasteiger partial charge is 0.435 e. The van der Waals surface area contributed by atoms with Crippen molar-refractivity contribution in [2.75, 3.05) is 6.79 Å². The van der Waals surface area contributed by atoms with E-state index in [2.05, 4.69) is 4.98 Å². The predicted octanol–water partition coefficient (Wildman–Crippen LogP) is 2.41. The molecule has 4 nitrogen and oxygen atoms in total. The minimum absolute atomic E-state index is 0.0668. The van der Waals surface area contributed by atoms with Gasteiger partial charge in [-0.25, -0.2) is 4.79 Å². The Labute approximate surface area is 105 Å². The third-order valence-electron chi connectivity index (χ3n) is 2.28. The lowest BCUT2D eigenvalue weighted by molar-refractivity contribution is -0.0381. The molecule has 1 aromatic carbocycles. The Morgan fingerprint density at radius 1 is 1.11 bits per heavy atom. The first-order valence-corrected chi connectivity index (χ1v) is 5.55. The van der Waals surface area contributed by atoms with Crippen molar-refractivity contribution in [2.24, 2.45) is 0 Å². The fourth-order valence-electron chi connectivity index (χ4n) is 1.40. The lowest BCUT2D eigenvalue weighted by Gasteiger charge is -2.05. The fraction of sp³-hybridized carbons (Fsp3) is 0.143. The van der Waals surface area contributed by atoms with Crippen LogP contribution < -0.4 is 0 Å². The van der Waals surface area contributed by atoms with E-state index in [4.69, 9.17) is 9.47 Å². The summed E-state index contributed by atoms with van der Waals surface area (Å²) in [5, 5.41) is 0. The molecule has 0 N–H and O–H groups in total. The number of esters is 1. The van der Waals surface area contributed by atoms with Gasteiger partial charge >= 0.3 is 5.97 Å². The zero-order valence-electron chi connectivity index (χ0n) is 9.78. The second-order valence-corrected chi connectivity index (χ2v) is 3.63. The number of rotatable bonds is 5. The summed E-state index contributed by atoms with van der Waals surface area (Å²) in [5.74, 6) is -0.434. The van der Waals surface area contributed by atoms with Crippen LogP contribution in [0.4, 0.5) is 0 Å². The minimum atomic E-state index is -0.434. The third kappa shape index (κ3) is 3.68. The molecule has 0 aliphatic heterocycles. The molecule has 0 unspecified atom stereocenters. The molecule has 92 valence electrons. The van der Waals surface area contributed by atoms with Crippen molar-refractivity contribution in [3.05, 3.63) is 66.0 Å². The summed E-state index contributed by atoms with van der Waals surface area (Å²) in [6.07, 6.45) is 3.06. The molecule has 0 fully saturated rings. The number of carbonyl (C=O) groups excluding carboxylic acids is 1. The fourth-order valence-corrected chi connectivity index (χ4v) is 1.40. The van der Waals surface area contributed by atoms with Crippen molar-refractivity contribution >= 4 is 5.97 Å². The van der Waals surface area contributed by atoms with Gasteiger partial charge in [-0.05, 0) is 17.7 Å². The summed E-state index contributed by atoms with van der Waals surface area (Å²) in [6, 6.07) is 13.0. The van der Waals surface area contributed by atoms with Gasteiger partial charge in [0.05, 0.1) is 12.2 Å². The molecule has 0 radical (unpaired) electrons. The number of aromatic nitrogens is 1. The van der Waals surface area contributed by atoms with E-state index in [0.717, 1.165) is 5.56 Å². The Morgan fingerprint density at radius 2 is 1.94 bits per heavy atom. The highest BCUT2D eigenvalue weighted by Gasteiger charge is 2.05. The van der Waals surface area contributed by atoms with Crippen LogP contribution in [-0.2, 0) is 16.1 Å². The first-order chi connectivity index (χ1) is 8.86. The summed E-state index contributed by atoms with van der Waals surface area (Å²) in [7, 11) is 0. The van der Waals surface area contributed by atoms with Crippen LogP contribution in [0.3, 0.4) is 0 Å². The first-order valence-electron chi connectivity index (χ1n) is 5.55. The van der Waals surface area contributed by atoms with Crippen molar-refractivity contribution in [1.82, 2.24) is 4.98 Å². The Hall–Kier alpha value is -2.20. The summed E-state index contributed by atoms with van der Waals surface area (Å²) >= 11 is 0. The van der Waals surface area contributed by atoms with E-state index in [9.17, 15) is 4.79 Å². The monoisotopic (exact) mass is 243 g/mol. The van der Waals surface area contributed by atoms with Crippen molar-refractivity contribution in [1.29, 1.82) is 0 Å². The zero-order valence-corrected chi connectivity index (χ0v) is 9.78. The molecule has 0 saturated carbocycles. The molecule has 0 atom stereocenters. The maximum Gasteiger partial charge on any atom is 0.341 e. The molecule has 0 aliphatic carbocycles. The van der Waals surface area contributed by atoms with Gasteiger partial charge in [-0.1, -0.05) is 30.3 Å². The molecule has 0 bridgehead atoms. The molecule has 1 heterocycles. The Morgan fingerprint density at radius 3 is 2.67 bits per heavy atom. The van der Waals surface area contributed by atoms with E-state index in [1.54, 1.807) is 18.3 Å². The smallest absolute Gasteiger partial charge is 0.341 e. The van der Waals surface area contributed by atoms with Gasteiger partial charge < -0.3 is 9.47 Å². The quantitative estimate of drug-likeness (QED) is 0.459. The number of carbonyl (C=O) groups is 1. The molecule has 0 saturated heterocycles. The molecular formula is C14H13NO3. The van der Waals surface area contributed by atoms with Crippen LogP contribution in [0, 0.1) is 0 Å². The van der Waals surface area contributed by atoms with Gasteiger partial charge in [0, 0.05) is 12.4 Å². The van der Waals surface area contributed by atoms with Crippen LogP contribution in [0.15, 0.2) is 54.9 Å². The summed E-state index contributed by atoms with van der Waals surface area (Å²) in [5.41, 5.74) is 1.45. The number of hydrogen-bond acceptors (Lipinski definition) is 4. The number of hydrogen-bond donors (Lipinski definition) is 0. The number of pyridine rings is 1. The molecule has 2 rings (SSSR count). The topological polar surface area (TPSA) is 48.4 Å². The average Bonchev–Trinajstić information content (AvgIpc) is 2.45. The van der Waals surface area contributed by atoms with E-state index in [1.165, 1.54) is 6.20 Å². The molecule has 0 amide bonds. The van der Waals surface area contributed by atoms with Gasteiger partial charge in [0.1, 0.15) is 0 Å². The van der Waals surface area contributed by atoms with Crippen molar-refractivity contribution < 1.29 is 14.3 Å². The molecule has 1 aromatic heterocycles. The van der Waals surface area contributed by atoms with E-state index in [1.807, 2.05) is 30.3 Å². The Balaban J connectivity index is 1.72. The summed E-state index contributed by atoms with van der Waals surface area (Å²) in [4.78, 5) is 15.4. The van der Waals surface area contributed by atoms with Gasteiger partial charge in [-0.15, -0.1) is 0 Å². The SMILES string of the molecule is O=C(OCOCc1ccccc1)c1cccnc1. The molecule has 18 heavy (non-hydrogen) atoms. The molecular weight excluding hydrogens is 230 g/mol. The number of ether oxygens (including phenoxy) is 2. The van der Waals surface area contributed by atoms with Crippen molar-refractivity contribution in [3.63, 3.8) is 0 Å². The van der Waals surface area contributed by atoms with Crippen molar-refractivity contribution in [3.8, 4) is 0 Å². The van der Waals surface area contributed by atoms with Crippen LogP contribution in [-0.4, -0.2) is 17.7 Å². The highest BCUT2D eigenvalue weighted by molar-refractivity contribution is 5.88. The van der Waals surface area contributed by atoms with Crippen LogP contribution in [0.5, 0.6) is 0 Å². The van der Waals surface area contributed by atoms with Crippen LogP contribution >= 0.6 is 0 Å². The van der Waals surface area contributed by atoms with E-state index in [-0.39, 0.29) is 6.79 Å². The maximum absolute atomic E-state index is 11.5. The summed E-state index contributed by atoms with van der Waals surface area (Å²) in [6.45, 7) is 0.351. The first kappa shape index (κ1) is 12.3. The Kier molecular flexibility index (Phi) is 4.44. The normalized spacial score (nSPS) is 10.0. The van der Waals surface area contributed by atoms with E-state index in [0.29, 0.717) is 12.2 Å². The van der Waals surface area contributed by atoms with Crippen molar-refractivity contribution in [2.45, 2.75) is 6.61 Å². The van der Waals surface area contributed by atoms with Gasteiger partial charge in [-0.2, -0.15) is 0 Å². The number of nitrogens with zero attached hydrogens (tertiary/aromatic N) is 1. The van der Waals surface area contributed by atoms with Gasteiger partial charge in [0.2, 0.25) is 0 Å². The molecule has 0 spiro atoms. The second kappa shape index (κ2) is 6.51. The lowest BCUT2D eigenvalue weighted by atomic mass is 10.2. The lowest BCUT2D eigenvalue weighted by Crippen LogP contribution is -2.09. The second-order valence-electron chi connectivity index (χ2n) is 3.63. The molecule has 4 heteroatoms. The highest BCUT2D eigenvalue weighted by atomic mass is 16.7. The number of benzene rings is 1.